The van der Waals surface area contributed by atoms with Gasteiger partial charge in [-0.1, -0.05) is 39.8 Å². The number of hydrogen-bond donors (Lipinski definition) is 0. The van der Waals surface area contributed by atoms with Gasteiger partial charge in [0, 0.05) is 13.0 Å². The van der Waals surface area contributed by atoms with Crippen molar-refractivity contribution in [2.75, 3.05) is 7.11 Å². The average Bonchev–Trinajstić information content (AvgIpc) is 2.67. The molecule has 0 aliphatic carbocycles. The minimum atomic E-state index is -2.74. The van der Waals surface area contributed by atoms with E-state index in [0.29, 0.717) is 0 Å². The van der Waals surface area contributed by atoms with Crippen molar-refractivity contribution in [1.82, 2.24) is 0 Å². The molecular weight excluding hydrogens is 400 g/mol. The first-order chi connectivity index (χ1) is 14.0. The van der Waals surface area contributed by atoms with E-state index >= 15 is 0 Å². The summed E-state index contributed by atoms with van der Waals surface area (Å²) in [5.74, 6) is -0.715. The summed E-state index contributed by atoms with van der Waals surface area (Å²) in [5.41, 5.74) is 0.322. The number of carbonyl (C=O) groups is 2. The van der Waals surface area contributed by atoms with Gasteiger partial charge in [0.1, 0.15) is 0 Å². The Morgan fingerprint density at radius 2 is 1.57 bits per heavy atom. The van der Waals surface area contributed by atoms with Gasteiger partial charge in [0.2, 0.25) is 0 Å². The smallest absolute Gasteiger partial charge is 0.344 e. The molecular formula is C23H40O6Si. The van der Waals surface area contributed by atoms with Crippen LogP contribution in [0.3, 0.4) is 0 Å². The largest absolute Gasteiger partial charge is 0.466 e. The van der Waals surface area contributed by atoms with Gasteiger partial charge in [-0.15, -0.1) is 13.2 Å². The summed E-state index contributed by atoms with van der Waals surface area (Å²) in [4.78, 5) is 22.5. The summed E-state index contributed by atoms with van der Waals surface area (Å²) in [5, 5.41) is 0. The van der Waals surface area contributed by atoms with Crippen LogP contribution in [0.1, 0.15) is 60.8 Å². The van der Waals surface area contributed by atoms with Crippen molar-refractivity contribution in [2.24, 2.45) is 0 Å². The van der Waals surface area contributed by atoms with Crippen LogP contribution < -0.4 is 0 Å². The first kappa shape index (κ1) is 28.3. The Bertz CT molecular complexity index is 576. The second-order valence-electron chi connectivity index (χ2n) is 7.97. The first-order valence-electron chi connectivity index (χ1n) is 10.6. The molecule has 0 N–H and O–H groups in total. The zero-order valence-corrected chi connectivity index (χ0v) is 20.7. The monoisotopic (exact) mass is 440 g/mol. The summed E-state index contributed by atoms with van der Waals surface area (Å²) in [6.07, 6.45) is 8.00. The minimum Gasteiger partial charge on any atom is -0.466 e. The van der Waals surface area contributed by atoms with E-state index in [4.69, 9.17) is 13.6 Å². The molecule has 6 nitrogen and oxygen atoms in total. The van der Waals surface area contributed by atoms with E-state index in [1.54, 1.807) is 18.2 Å². The van der Waals surface area contributed by atoms with Gasteiger partial charge in [0.25, 0.3) is 0 Å². The fourth-order valence-electron chi connectivity index (χ4n) is 3.27. The number of esters is 2. The number of ether oxygens (including phenoxy) is 2. The maximum Gasteiger partial charge on any atom is 0.344 e. The lowest BCUT2D eigenvalue weighted by molar-refractivity contribution is -0.145. The molecule has 0 aromatic heterocycles. The van der Waals surface area contributed by atoms with E-state index in [1.807, 2.05) is 6.92 Å². The highest BCUT2D eigenvalue weighted by molar-refractivity contribution is 6.70. The van der Waals surface area contributed by atoms with Crippen LogP contribution in [-0.4, -0.2) is 45.9 Å². The second-order valence-corrected chi connectivity index (χ2v) is 12.2. The van der Waals surface area contributed by atoms with Crippen molar-refractivity contribution in [1.29, 1.82) is 0 Å². The van der Waals surface area contributed by atoms with Gasteiger partial charge < -0.3 is 18.3 Å². The highest BCUT2D eigenvalue weighted by atomic mass is 28.4. The van der Waals surface area contributed by atoms with Crippen LogP contribution in [0.4, 0.5) is 0 Å². The first-order valence-corrected chi connectivity index (χ1v) is 12.5. The van der Waals surface area contributed by atoms with E-state index in [1.165, 1.54) is 20.1 Å². The fraction of sp³-hybridized carbons (Fsp3) is 0.652. The van der Waals surface area contributed by atoms with Crippen LogP contribution in [0.15, 0.2) is 37.5 Å². The molecule has 0 radical (unpaired) electrons. The van der Waals surface area contributed by atoms with Gasteiger partial charge in [-0.25, -0.2) is 4.79 Å². The molecule has 0 saturated carbocycles. The lowest BCUT2D eigenvalue weighted by Crippen LogP contribution is -2.52. The molecule has 0 aromatic rings. The number of methoxy groups -OCH3 is 1. The van der Waals surface area contributed by atoms with Crippen LogP contribution in [0, 0.1) is 0 Å². The Morgan fingerprint density at radius 1 is 0.967 bits per heavy atom. The van der Waals surface area contributed by atoms with E-state index in [0.717, 1.165) is 19.3 Å². The summed E-state index contributed by atoms with van der Waals surface area (Å²) >= 11 is 0. The van der Waals surface area contributed by atoms with E-state index in [2.05, 4.69) is 45.6 Å². The minimum absolute atomic E-state index is 0.130. The van der Waals surface area contributed by atoms with E-state index in [-0.39, 0.29) is 29.3 Å². The molecule has 0 heterocycles. The maximum atomic E-state index is 11.5. The fourth-order valence-corrected chi connectivity index (χ4v) is 7.03. The van der Waals surface area contributed by atoms with E-state index < -0.39 is 20.6 Å². The molecule has 0 aliphatic heterocycles. The summed E-state index contributed by atoms with van der Waals surface area (Å²) < 4.78 is 23.0. The second kappa shape index (κ2) is 14.3. The summed E-state index contributed by atoms with van der Waals surface area (Å²) in [7, 11) is -1.40. The molecule has 0 saturated heterocycles. The van der Waals surface area contributed by atoms with Gasteiger partial charge >= 0.3 is 20.5 Å². The van der Waals surface area contributed by atoms with Crippen LogP contribution in [0.25, 0.3) is 0 Å². The molecule has 0 unspecified atom stereocenters. The van der Waals surface area contributed by atoms with Crippen molar-refractivity contribution >= 4 is 20.5 Å². The molecule has 0 aromatic carbocycles. The molecule has 0 rings (SSSR count). The summed E-state index contributed by atoms with van der Waals surface area (Å²) in [6.45, 7) is 19.5. The third-order valence-electron chi connectivity index (χ3n) is 4.85. The Labute approximate surface area is 183 Å². The predicted molar refractivity (Wildman–Crippen MR) is 122 cm³/mol. The van der Waals surface area contributed by atoms with Crippen molar-refractivity contribution in [2.45, 2.75) is 90.2 Å². The molecule has 7 heteroatoms. The van der Waals surface area contributed by atoms with Gasteiger partial charge in [0.05, 0.1) is 25.4 Å². The molecule has 0 fully saturated rings. The lowest BCUT2D eigenvalue weighted by Gasteiger charge is -2.41. The number of carbonyl (C=O) groups excluding carboxylic acids is 2. The van der Waals surface area contributed by atoms with Crippen LogP contribution in [0.5, 0.6) is 0 Å². The molecule has 0 bridgehead atoms. The van der Waals surface area contributed by atoms with E-state index in [9.17, 15) is 9.59 Å². The Kier molecular flexibility index (Phi) is 13.5. The zero-order valence-electron chi connectivity index (χ0n) is 19.7. The third-order valence-corrected chi connectivity index (χ3v) is 9.38. The third kappa shape index (κ3) is 9.87. The van der Waals surface area contributed by atoms with Crippen LogP contribution >= 0.6 is 0 Å². The standard InChI is InChI=1S/C23H40O6Si/c1-10-21(14-12-13-19(7)27-20(8)24)28-30(17(3)4,18(5)6)29-22(11-2)15-16-23(25)26-9/h10-11,15-19,21-22H,1-2,12-14H2,3-9H3/b16-15+/t19-,21-,22-/m0/s1. The van der Waals surface area contributed by atoms with Gasteiger partial charge in [-0.05, 0) is 43.3 Å². The van der Waals surface area contributed by atoms with Crippen molar-refractivity contribution in [3.05, 3.63) is 37.5 Å². The molecule has 0 amide bonds. The van der Waals surface area contributed by atoms with Gasteiger partial charge in [-0.3, -0.25) is 4.79 Å². The molecule has 0 aliphatic rings. The predicted octanol–water partition coefficient (Wildman–Crippen LogP) is 5.24. The Morgan fingerprint density at radius 3 is 2.00 bits per heavy atom. The van der Waals surface area contributed by atoms with Crippen LogP contribution in [-0.2, 0) is 27.9 Å². The maximum absolute atomic E-state index is 11.5. The molecule has 30 heavy (non-hydrogen) atoms. The topological polar surface area (TPSA) is 71.1 Å². The highest BCUT2D eigenvalue weighted by Crippen LogP contribution is 2.37. The zero-order chi connectivity index (χ0) is 23.3. The molecule has 0 spiro atoms. The quantitative estimate of drug-likeness (QED) is 0.150. The van der Waals surface area contributed by atoms with Gasteiger partial charge in [-0.2, -0.15) is 0 Å². The van der Waals surface area contributed by atoms with Crippen LogP contribution in [0.2, 0.25) is 11.1 Å². The van der Waals surface area contributed by atoms with Crippen molar-refractivity contribution in [3.63, 3.8) is 0 Å². The lowest BCUT2D eigenvalue weighted by atomic mass is 10.1. The number of rotatable bonds is 15. The highest BCUT2D eigenvalue weighted by Gasteiger charge is 2.47. The van der Waals surface area contributed by atoms with Gasteiger partial charge in [0.15, 0.2) is 0 Å². The molecule has 172 valence electrons. The Balaban J connectivity index is 5.35. The normalized spacial score (nSPS) is 15.1. The summed E-state index contributed by atoms with van der Waals surface area (Å²) in [6, 6.07) is 0. The number of hydrogen-bond acceptors (Lipinski definition) is 6. The Hall–Kier alpha value is -1.70. The van der Waals surface area contributed by atoms with Crippen molar-refractivity contribution < 1.29 is 27.9 Å². The average molecular weight is 441 g/mol. The van der Waals surface area contributed by atoms with Crippen molar-refractivity contribution in [3.8, 4) is 0 Å². The SMILES string of the molecule is C=C[C@@H](/C=C/C(=O)OC)O[Si](O[C@@H](C=C)CCC[C@H](C)OC(C)=O)(C(C)C)C(C)C. The molecule has 3 atom stereocenters.